The molecule has 0 radical (unpaired) electrons. The number of aromatic nitrogens is 4. The van der Waals surface area contributed by atoms with Gasteiger partial charge in [0.2, 0.25) is 5.95 Å². The molecule has 0 aliphatic carbocycles. The fraction of sp³-hybridized carbons (Fsp3) is 0.500. The quantitative estimate of drug-likeness (QED) is 0.805. The number of aryl methyl sites for hydroxylation is 2. The van der Waals surface area contributed by atoms with E-state index < -0.39 is 11.9 Å². The second kappa shape index (κ2) is 7.20. The molecule has 0 amide bonds. The molecule has 9 heteroatoms. The third-order valence-electron chi connectivity index (χ3n) is 3.64. The van der Waals surface area contributed by atoms with Crippen molar-refractivity contribution in [1.82, 2.24) is 19.7 Å². The molecule has 0 fully saturated rings. The summed E-state index contributed by atoms with van der Waals surface area (Å²) in [5.41, 5.74) is 0.571. The molecule has 0 saturated heterocycles. The lowest BCUT2D eigenvalue weighted by molar-refractivity contribution is -0.144. The van der Waals surface area contributed by atoms with Crippen molar-refractivity contribution in [3.63, 3.8) is 0 Å². The highest BCUT2D eigenvalue weighted by Gasteiger charge is 2.35. The largest absolute Gasteiger partial charge is 0.433 e. The Labute approximate surface area is 143 Å². The average molecular weight is 355 g/mol. The number of rotatable bonds is 6. The van der Waals surface area contributed by atoms with Crippen LogP contribution in [0.15, 0.2) is 12.3 Å². The summed E-state index contributed by atoms with van der Waals surface area (Å²) < 4.78 is 39.9. The lowest BCUT2D eigenvalue weighted by atomic mass is 10.1. The first kappa shape index (κ1) is 18.9. The number of nitrogens with one attached hydrogen (secondary N) is 1. The lowest BCUT2D eigenvalue weighted by Gasteiger charge is -2.16. The van der Waals surface area contributed by atoms with Crippen LogP contribution in [0.4, 0.5) is 19.1 Å². The molecule has 0 aliphatic heterocycles. The van der Waals surface area contributed by atoms with Gasteiger partial charge in [-0.25, -0.2) is 9.97 Å². The second-order valence-corrected chi connectivity index (χ2v) is 6.09. The Bertz CT molecular complexity index is 770. The van der Waals surface area contributed by atoms with Gasteiger partial charge >= 0.3 is 6.18 Å². The Morgan fingerprint density at radius 1 is 1.36 bits per heavy atom. The van der Waals surface area contributed by atoms with Crippen LogP contribution in [0.1, 0.15) is 41.3 Å². The monoisotopic (exact) mass is 355 g/mol. The van der Waals surface area contributed by atoms with Gasteiger partial charge in [-0.2, -0.15) is 18.3 Å². The van der Waals surface area contributed by atoms with E-state index in [1.165, 1.54) is 20.0 Å². The number of hydrogen-bond donors (Lipinski definition) is 1. The highest BCUT2D eigenvalue weighted by Crippen LogP contribution is 2.30. The predicted octanol–water partition coefficient (Wildman–Crippen LogP) is 3.26. The summed E-state index contributed by atoms with van der Waals surface area (Å²) in [7, 11) is 0. The summed E-state index contributed by atoms with van der Waals surface area (Å²) in [6.45, 7) is 6.96. The van der Waals surface area contributed by atoms with E-state index in [1.807, 2.05) is 0 Å². The molecule has 1 atom stereocenters. The van der Waals surface area contributed by atoms with E-state index in [0.29, 0.717) is 29.4 Å². The van der Waals surface area contributed by atoms with Crippen molar-refractivity contribution in [1.29, 1.82) is 0 Å². The Kier molecular flexibility index (Phi) is 5.44. The molecule has 25 heavy (non-hydrogen) atoms. The summed E-state index contributed by atoms with van der Waals surface area (Å²) >= 11 is 0. The summed E-state index contributed by atoms with van der Waals surface area (Å²) in [5.74, 6) is 0.0741. The van der Waals surface area contributed by atoms with Crippen LogP contribution in [-0.4, -0.2) is 32.1 Å². The van der Waals surface area contributed by atoms with Gasteiger partial charge < -0.3 is 5.32 Å². The fourth-order valence-electron chi connectivity index (χ4n) is 2.44. The smallest absolute Gasteiger partial charge is 0.354 e. The van der Waals surface area contributed by atoms with Gasteiger partial charge in [0.25, 0.3) is 0 Å². The van der Waals surface area contributed by atoms with E-state index in [1.54, 1.807) is 13.8 Å². The summed E-state index contributed by atoms with van der Waals surface area (Å²) in [5, 5.41) is 6.90. The number of Topliss-reactive ketones (excluding diaryl/α,β-unsaturated/α-hetero) is 1. The molecule has 136 valence electrons. The Balaban J connectivity index is 2.01. The minimum atomic E-state index is -4.43. The van der Waals surface area contributed by atoms with E-state index in [0.717, 1.165) is 10.7 Å². The molecule has 2 heterocycles. The third kappa shape index (κ3) is 4.77. The Morgan fingerprint density at radius 3 is 2.60 bits per heavy atom. The number of alkyl halides is 3. The molecule has 2 aromatic rings. The number of halogens is 3. The van der Waals surface area contributed by atoms with Crippen molar-refractivity contribution < 1.29 is 18.0 Å². The molecule has 0 aromatic carbocycles. The molecule has 1 N–H and O–H groups in total. The highest BCUT2D eigenvalue weighted by molar-refractivity contribution is 5.94. The standard InChI is InChI=1S/C16H20F3N5O/c1-9(8-24-14(16(17,18)19)5-10(2)23-24)6-20-15-21-7-13(12(4)25)11(3)22-15/h5,7,9H,6,8H2,1-4H3,(H,20,21,22)/t9-/m1/s1. The summed E-state index contributed by atoms with van der Waals surface area (Å²) in [4.78, 5) is 19.6. The Morgan fingerprint density at radius 2 is 2.04 bits per heavy atom. The van der Waals surface area contributed by atoms with E-state index >= 15 is 0 Å². The molecule has 0 unspecified atom stereocenters. The van der Waals surface area contributed by atoms with Crippen molar-refractivity contribution in [3.8, 4) is 0 Å². The maximum atomic E-state index is 13.0. The molecule has 0 spiro atoms. The molecule has 0 aliphatic rings. The maximum Gasteiger partial charge on any atom is 0.433 e. The van der Waals surface area contributed by atoms with Crippen molar-refractivity contribution in [2.24, 2.45) is 5.92 Å². The Hall–Kier alpha value is -2.45. The van der Waals surface area contributed by atoms with Crippen LogP contribution in [0, 0.1) is 19.8 Å². The third-order valence-corrected chi connectivity index (χ3v) is 3.64. The van der Waals surface area contributed by atoms with Gasteiger partial charge in [-0.15, -0.1) is 0 Å². The molecular formula is C16H20F3N5O. The minimum Gasteiger partial charge on any atom is -0.354 e. The van der Waals surface area contributed by atoms with Crippen LogP contribution in [0.5, 0.6) is 0 Å². The zero-order chi connectivity index (χ0) is 18.8. The number of anilines is 1. The van der Waals surface area contributed by atoms with Gasteiger partial charge in [0.05, 0.1) is 17.0 Å². The number of carbonyl (C=O) groups excluding carboxylic acids is 1. The van der Waals surface area contributed by atoms with E-state index in [4.69, 9.17) is 0 Å². The van der Waals surface area contributed by atoms with Crippen LogP contribution < -0.4 is 5.32 Å². The zero-order valence-electron chi connectivity index (χ0n) is 14.5. The summed E-state index contributed by atoms with van der Waals surface area (Å²) in [6.07, 6.45) is -2.99. The van der Waals surface area contributed by atoms with Crippen LogP contribution >= 0.6 is 0 Å². The lowest BCUT2D eigenvalue weighted by Crippen LogP contribution is -2.22. The number of nitrogens with zero attached hydrogens (tertiary/aromatic N) is 4. The van der Waals surface area contributed by atoms with Crippen LogP contribution in [0.3, 0.4) is 0 Å². The van der Waals surface area contributed by atoms with E-state index in [9.17, 15) is 18.0 Å². The van der Waals surface area contributed by atoms with Crippen LogP contribution in [0.25, 0.3) is 0 Å². The fourth-order valence-corrected chi connectivity index (χ4v) is 2.44. The minimum absolute atomic E-state index is 0.111. The average Bonchev–Trinajstić information content (AvgIpc) is 2.85. The SMILES string of the molecule is CC(=O)c1cnc(NC[C@@H](C)Cn2nc(C)cc2C(F)(F)F)nc1C. The van der Waals surface area contributed by atoms with Gasteiger partial charge in [0, 0.05) is 19.3 Å². The van der Waals surface area contributed by atoms with Crippen molar-refractivity contribution in [2.45, 2.75) is 40.4 Å². The molecule has 0 bridgehead atoms. The summed E-state index contributed by atoms with van der Waals surface area (Å²) in [6, 6.07) is 1.03. The second-order valence-electron chi connectivity index (χ2n) is 6.09. The van der Waals surface area contributed by atoms with Gasteiger partial charge in [0.15, 0.2) is 5.78 Å². The van der Waals surface area contributed by atoms with Gasteiger partial charge in [0.1, 0.15) is 5.69 Å². The van der Waals surface area contributed by atoms with Crippen molar-refractivity contribution in [2.75, 3.05) is 11.9 Å². The van der Waals surface area contributed by atoms with Crippen LogP contribution in [0.2, 0.25) is 0 Å². The number of hydrogen-bond acceptors (Lipinski definition) is 5. The van der Waals surface area contributed by atoms with Crippen molar-refractivity contribution >= 4 is 11.7 Å². The topological polar surface area (TPSA) is 72.7 Å². The van der Waals surface area contributed by atoms with E-state index in [-0.39, 0.29) is 18.2 Å². The molecule has 2 aromatic heterocycles. The molecule has 2 rings (SSSR count). The highest BCUT2D eigenvalue weighted by atomic mass is 19.4. The molecular weight excluding hydrogens is 335 g/mol. The normalized spacial score (nSPS) is 12.9. The van der Waals surface area contributed by atoms with Gasteiger partial charge in [-0.05, 0) is 32.8 Å². The zero-order valence-corrected chi connectivity index (χ0v) is 14.5. The first-order valence-electron chi connectivity index (χ1n) is 7.78. The first-order valence-corrected chi connectivity index (χ1v) is 7.78. The van der Waals surface area contributed by atoms with Crippen LogP contribution in [-0.2, 0) is 12.7 Å². The van der Waals surface area contributed by atoms with Gasteiger partial charge in [-0.1, -0.05) is 6.92 Å². The molecule has 0 saturated carbocycles. The first-order chi connectivity index (χ1) is 11.6. The number of ketones is 1. The molecule has 6 nitrogen and oxygen atoms in total. The van der Waals surface area contributed by atoms with Crippen molar-refractivity contribution in [3.05, 3.63) is 34.9 Å². The predicted molar refractivity (Wildman–Crippen MR) is 86.4 cm³/mol. The van der Waals surface area contributed by atoms with Gasteiger partial charge in [-0.3, -0.25) is 9.48 Å². The van der Waals surface area contributed by atoms with E-state index in [2.05, 4.69) is 20.4 Å². The maximum absolute atomic E-state index is 13.0. The number of carbonyl (C=O) groups is 1.